The second-order valence-corrected chi connectivity index (χ2v) is 5.76. The van der Waals surface area contributed by atoms with Crippen molar-refractivity contribution in [2.75, 3.05) is 0 Å². The molecule has 0 saturated carbocycles. The zero-order valence-corrected chi connectivity index (χ0v) is 13.9. The number of aryl methyl sites for hydroxylation is 1. The van der Waals surface area contributed by atoms with Crippen molar-refractivity contribution in [3.05, 3.63) is 33.7 Å². The number of carbonyl (C=O) groups excluding carboxylic acids is 1. The van der Waals surface area contributed by atoms with Crippen LogP contribution in [0.5, 0.6) is 11.5 Å². The van der Waals surface area contributed by atoms with E-state index in [1.807, 2.05) is 20.8 Å². The van der Waals surface area contributed by atoms with E-state index in [-0.39, 0.29) is 41.0 Å². The molecule has 1 aromatic heterocycles. The summed E-state index contributed by atoms with van der Waals surface area (Å²) in [4.78, 5) is 24.3. The van der Waals surface area contributed by atoms with Crippen molar-refractivity contribution < 1.29 is 19.1 Å². The monoisotopic (exact) mass is 318 g/mol. The van der Waals surface area contributed by atoms with Gasteiger partial charge in [-0.2, -0.15) is 0 Å². The van der Waals surface area contributed by atoms with Gasteiger partial charge in [-0.15, -0.1) is 0 Å². The average molecular weight is 318 g/mol. The molecule has 1 N–H and O–H groups in total. The van der Waals surface area contributed by atoms with E-state index in [1.54, 1.807) is 6.92 Å². The van der Waals surface area contributed by atoms with Crippen LogP contribution in [0.2, 0.25) is 0 Å². The lowest BCUT2D eigenvalue weighted by molar-refractivity contribution is 0.0983. The summed E-state index contributed by atoms with van der Waals surface area (Å²) in [5, 5.41) is 10.8. The van der Waals surface area contributed by atoms with E-state index in [4.69, 9.17) is 9.15 Å². The molecule has 0 fully saturated rings. The Morgan fingerprint density at radius 2 is 2.00 bits per heavy atom. The summed E-state index contributed by atoms with van der Waals surface area (Å²) in [6.07, 6.45) is 1.48. The molecule has 0 aliphatic rings. The third kappa shape index (κ3) is 3.38. The van der Waals surface area contributed by atoms with E-state index in [1.165, 1.54) is 12.1 Å². The number of ketones is 1. The van der Waals surface area contributed by atoms with Crippen molar-refractivity contribution in [1.29, 1.82) is 0 Å². The Morgan fingerprint density at radius 3 is 2.57 bits per heavy atom. The molecule has 5 heteroatoms. The molecule has 0 bridgehead atoms. The quantitative estimate of drug-likeness (QED) is 0.647. The molecular formula is C18H22O5. The molecule has 2 aromatic rings. The van der Waals surface area contributed by atoms with E-state index in [0.29, 0.717) is 17.4 Å². The first kappa shape index (κ1) is 17.1. The lowest BCUT2D eigenvalue weighted by Crippen LogP contribution is -2.12. The maximum absolute atomic E-state index is 12.4. The number of hydrogen-bond donors (Lipinski definition) is 1. The summed E-state index contributed by atoms with van der Waals surface area (Å²) in [5.74, 6) is 0.00611. The lowest BCUT2D eigenvalue weighted by atomic mass is 9.98. The average Bonchev–Trinajstić information content (AvgIpc) is 2.45. The molecule has 0 atom stereocenters. The van der Waals surface area contributed by atoms with Crippen LogP contribution in [-0.2, 0) is 6.42 Å². The van der Waals surface area contributed by atoms with Gasteiger partial charge in [0.2, 0.25) is 0 Å². The number of carbonyl (C=O) groups is 1. The predicted octanol–water partition coefficient (Wildman–Crippen LogP) is 3.83. The topological polar surface area (TPSA) is 76.7 Å². The van der Waals surface area contributed by atoms with E-state index in [9.17, 15) is 14.7 Å². The zero-order valence-electron chi connectivity index (χ0n) is 13.9. The summed E-state index contributed by atoms with van der Waals surface area (Å²) in [6, 6.07) is 2.80. The van der Waals surface area contributed by atoms with Gasteiger partial charge in [0.25, 0.3) is 0 Å². The Bertz CT molecular complexity index is 786. The normalized spacial score (nSPS) is 11.2. The second kappa shape index (κ2) is 6.86. The van der Waals surface area contributed by atoms with Crippen LogP contribution in [0, 0.1) is 0 Å². The van der Waals surface area contributed by atoms with Gasteiger partial charge < -0.3 is 14.3 Å². The Hall–Kier alpha value is -2.30. The van der Waals surface area contributed by atoms with Gasteiger partial charge in [-0.25, -0.2) is 4.79 Å². The highest BCUT2D eigenvalue weighted by Gasteiger charge is 2.23. The van der Waals surface area contributed by atoms with Crippen LogP contribution in [0.1, 0.15) is 56.5 Å². The van der Waals surface area contributed by atoms with Gasteiger partial charge in [-0.1, -0.05) is 20.3 Å². The van der Waals surface area contributed by atoms with Gasteiger partial charge in [0, 0.05) is 18.6 Å². The molecule has 124 valence electrons. The van der Waals surface area contributed by atoms with Gasteiger partial charge in [-0.05, 0) is 25.8 Å². The highest BCUT2D eigenvalue weighted by molar-refractivity contribution is 6.10. The standard InChI is InChI=1S/C18H22O5/c1-5-7-11-8-15(21)23-18-16(11)13(20)9-14(22-10(3)4)17(18)12(19)6-2/h8-10,20H,5-7H2,1-4H3. The molecule has 23 heavy (non-hydrogen) atoms. The van der Waals surface area contributed by atoms with Crippen LogP contribution >= 0.6 is 0 Å². The fraction of sp³-hybridized carbons (Fsp3) is 0.444. The molecule has 2 rings (SSSR count). The number of fused-ring (bicyclic) bond motifs is 1. The molecule has 5 nitrogen and oxygen atoms in total. The largest absolute Gasteiger partial charge is 0.507 e. The van der Waals surface area contributed by atoms with Crippen molar-refractivity contribution in [3.8, 4) is 11.5 Å². The zero-order chi connectivity index (χ0) is 17.1. The molecule has 1 heterocycles. The Balaban J connectivity index is 2.90. The lowest BCUT2D eigenvalue weighted by Gasteiger charge is -2.16. The number of hydrogen-bond acceptors (Lipinski definition) is 5. The molecule has 0 unspecified atom stereocenters. The summed E-state index contributed by atoms with van der Waals surface area (Å²) in [6.45, 7) is 7.36. The smallest absolute Gasteiger partial charge is 0.336 e. The first-order chi connectivity index (χ1) is 10.9. The Morgan fingerprint density at radius 1 is 1.30 bits per heavy atom. The van der Waals surface area contributed by atoms with Crippen LogP contribution < -0.4 is 10.4 Å². The fourth-order valence-corrected chi connectivity index (χ4v) is 2.63. The number of rotatable bonds is 6. The van der Waals surface area contributed by atoms with Crippen LogP contribution in [-0.4, -0.2) is 17.0 Å². The molecule has 0 saturated heterocycles. The first-order valence-corrected chi connectivity index (χ1v) is 7.91. The third-order valence-corrected chi connectivity index (χ3v) is 3.52. The van der Waals surface area contributed by atoms with Crippen molar-refractivity contribution >= 4 is 16.8 Å². The minimum Gasteiger partial charge on any atom is -0.507 e. The SMILES string of the molecule is CCCc1cc(=O)oc2c(C(=O)CC)c(OC(C)C)cc(O)c12. The number of benzene rings is 1. The molecule has 0 aliphatic carbocycles. The number of phenols is 1. The van der Waals surface area contributed by atoms with Crippen LogP contribution in [0.3, 0.4) is 0 Å². The molecule has 0 radical (unpaired) electrons. The van der Waals surface area contributed by atoms with E-state index >= 15 is 0 Å². The van der Waals surface area contributed by atoms with E-state index < -0.39 is 5.63 Å². The van der Waals surface area contributed by atoms with Crippen molar-refractivity contribution in [1.82, 2.24) is 0 Å². The number of phenolic OH excluding ortho intramolecular Hbond substituents is 1. The van der Waals surface area contributed by atoms with Gasteiger partial charge in [0.1, 0.15) is 17.1 Å². The van der Waals surface area contributed by atoms with Crippen molar-refractivity contribution in [2.24, 2.45) is 0 Å². The Labute approximate surface area is 134 Å². The van der Waals surface area contributed by atoms with Crippen LogP contribution in [0.4, 0.5) is 0 Å². The second-order valence-electron chi connectivity index (χ2n) is 5.76. The van der Waals surface area contributed by atoms with E-state index in [0.717, 1.165) is 6.42 Å². The first-order valence-electron chi connectivity index (χ1n) is 7.91. The number of Topliss-reactive ketones (excluding diaryl/α,β-unsaturated/α-hetero) is 1. The summed E-state index contributed by atoms with van der Waals surface area (Å²) >= 11 is 0. The van der Waals surface area contributed by atoms with Crippen LogP contribution in [0.15, 0.2) is 21.3 Å². The highest BCUT2D eigenvalue weighted by Crippen LogP contribution is 2.38. The Kier molecular flexibility index (Phi) is 5.08. The maximum Gasteiger partial charge on any atom is 0.336 e. The summed E-state index contributed by atoms with van der Waals surface area (Å²) < 4.78 is 10.9. The van der Waals surface area contributed by atoms with Gasteiger partial charge in [0.15, 0.2) is 11.4 Å². The molecule has 0 amide bonds. The minimum atomic E-state index is -0.535. The van der Waals surface area contributed by atoms with Gasteiger partial charge in [0.05, 0.1) is 11.5 Å². The maximum atomic E-state index is 12.4. The molecule has 0 spiro atoms. The van der Waals surface area contributed by atoms with E-state index in [2.05, 4.69) is 0 Å². The fourth-order valence-electron chi connectivity index (χ4n) is 2.63. The molecule has 1 aromatic carbocycles. The van der Waals surface area contributed by atoms with Gasteiger partial charge >= 0.3 is 5.63 Å². The van der Waals surface area contributed by atoms with Crippen molar-refractivity contribution in [2.45, 2.75) is 53.1 Å². The molecule has 0 aliphatic heterocycles. The molecular weight excluding hydrogens is 296 g/mol. The summed E-state index contributed by atoms with van der Waals surface area (Å²) in [5.41, 5.74) is 0.484. The van der Waals surface area contributed by atoms with Gasteiger partial charge in [-0.3, -0.25) is 4.79 Å². The number of aromatic hydroxyl groups is 1. The summed E-state index contributed by atoms with van der Waals surface area (Å²) in [7, 11) is 0. The highest BCUT2D eigenvalue weighted by atomic mass is 16.5. The van der Waals surface area contributed by atoms with Crippen molar-refractivity contribution in [3.63, 3.8) is 0 Å². The number of ether oxygens (including phenoxy) is 1. The minimum absolute atomic E-state index is 0.0458. The third-order valence-electron chi connectivity index (χ3n) is 3.52. The predicted molar refractivity (Wildman–Crippen MR) is 88.5 cm³/mol. The van der Waals surface area contributed by atoms with Crippen LogP contribution in [0.25, 0.3) is 11.0 Å².